The fourth-order valence-corrected chi connectivity index (χ4v) is 5.91. The number of rotatable bonds is 2. The minimum Gasteiger partial charge on any atom is -0.506 e. The molecule has 2 saturated carbocycles. The highest BCUT2D eigenvalue weighted by Gasteiger charge is 2.54. The third-order valence-corrected chi connectivity index (χ3v) is 7.16. The zero-order valence-electron chi connectivity index (χ0n) is 14.3. The molecule has 3 aliphatic carbocycles. The first-order valence-corrected chi connectivity index (χ1v) is 9.32. The summed E-state index contributed by atoms with van der Waals surface area (Å²) in [5.74, 6) is 2.37. The summed E-state index contributed by atoms with van der Waals surface area (Å²) in [6, 6.07) is 4.19. The molecule has 0 aromatic heterocycles. The lowest BCUT2D eigenvalue weighted by molar-refractivity contribution is -0.0226. The van der Waals surface area contributed by atoms with Crippen molar-refractivity contribution < 1.29 is 10.2 Å². The van der Waals surface area contributed by atoms with Crippen LogP contribution in [0.4, 0.5) is 5.69 Å². The lowest BCUT2D eigenvalue weighted by Gasteiger charge is -2.50. The topological polar surface area (TPSA) is 52.5 Å². The number of fused-ring (bicyclic) bond motifs is 5. The molecule has 1 aromatic carbocycles. The van der Waals surface area contributed by atoms with E-state index in [9.17, 15) is 10.2 Å². The Labute approximate surface area is 139 Å². The van der Waals surface area contributed by atoms with Crippen LogP contribution in [0.1, 0.15) is 63.0 Å². The van der Waals surface area contributed by atoms with E-state index in [-0.39, 0.29) is 11.5 Å². The van der Waals surface area contributed by atoms with Crippen molar-refractivity contribution in [2.24, 2.45) is 17.3 Å². The first-order chi connectivity index (χ1) is 11.0. The van der Waals surface area contributed by atoms with Crippen molar-refractivity contribution in [3.05, 3.63) is 23.3 Å². The van der Waals surface area contributed by atoms with Crippen molar-refractivity contribution in [3.63, 3.8) is 0 Å². The van der Waals surface area contributed by atoms with E-state index in [2.05, 4.69) is 25.2 Å². The number of benzene rings is 1. The van der Waals surface area contributed by atoms with Gasteiger partial charge in [-0.3, -0.25) is 0 Å². The molecule has 3 aliphatic rings. The maximum atomic E-state index is 10.5. The van der Waals surface area contributed by atoms with Crippen LogP contribution in [0.2, 0.25) is 0 Å². The summed E-state index contributed by atoms with van der Waals surface area (Å²) in [5, 5.41) is 24.0. The Morgan fingerprint density at radius 1 is 1.22 bits per heavy atom. The van der Waals surface area contributed by atoms with E-state index in [1.165, 1.54) is 30.4 Å². The molecular weight excluding hydrogens is 286 g/mol. The molecule has 23 heavy (non-hydrogen) atoms. The molecule has 0 bridgehead atoms. The van der Waals surface area contributed by atoms with E-state index in [1.807, 2.05) is 6.07 Å². The molecule has 0 radical (unpaired) electrons. The summed E-state index contributed by atoms with van der Waals surface area (Å²) in [7, 11) is 0. The molecule has 0 spiro atoms. The van der Waals surface area contributed by atoms with Crippen molar-refractivity contribution in [1.82, 2.24) is 0 Å². The van der Waals surface area contributed by atoms with Gasteiger partial charge in [-0.05, 0) is 91.9 Å². The van der Waals surface area contributed by atoms with Gasteiger partial charge in [0.05, 0.1) is 11.8 Å². The Morgan fingerprint density at radius 3 is 2.83 bits per heavy atom. The van der Waals surface area contributed by atoms with Gasteiger partial charge in [0.25, 0.3) is 0 Å². The number of phenols is 1. The number of aliphatic hydroxyl groups excluding tert-OH is 1. The Hall–Kier alpha value is -1.22. The van der Waals surface area contributed by atoms with Crippen LogP contribution in [-0.2, 0) is 6.42 Å². The van der Waals surface area contributed by atoms with E-state index in [0.717, 1.165) is 31.5 Å². The van der Waals surface area contributed by atoms with Crippen molar-refractivity contribution in [1.29, 1.82) is 0 Å². The number of aliphatic hydroxyl groups is 1. The second kappa shape index (κ2) is 5.41. The third kappa shape index (κ3) is 2.20. The van der Waals surface area contributed by atoms with Crippen LogP contribution >= 0.6 is 0 Å². The van der Waals surface area contributed by atoms with E-state index >= 15 is 0 Å². The van der Waals surface area contributed by atoms with Gasteiger partial charge in [-0.25, -0.2) is 0 Å². The third-order valence-electron chi connectivity index (χ3n) is 7.16. The van der Waals surface area contributed by atoms with Gasteiger partial charge >= 0.3 is 0 Å². The normalized spacial score (nSPS) is 38.6. The molecule has 3 N–H and O–H groups in total. The van der Waals surface area contributed by atoms with E-state index in [1.54, 1.807) is 0 Å². The summed E-state index contributed by atoms with van der Waals surface area (Å²) in [5.41, 5.74) is 3.82. The standard InChI is InChI=1S/C20H29NO2/c1-3-21-17-11-15-12(10-18(17)22)4-5-14-13(15)8-9-20(2)16(14)6-7-19(20)23/h10-11,13-14,16,19,21-23H,3-9H2,1-2H3/t13-,14-,16+,19-,20+/m0/s1. The number of nitrogens with one attached hydrogen (secondary N) is 1. The van der Waals surface area contributed by atoms with Crippen molar-refractivity contribution in [3.8, 4) is 5.75 Å². The predicted octanol–water partition coefficient (Wildman–Crippen LogP) is 4.04. The highest BCUT2D eigenvalue weighted by molar-refractivity contribution is 5.61. The highest BCUT2D eigenvalue weighted by Crippen LogP contribution is 2.61. The summed E-state index contributed by atoms with van der Waals surface area (Å²) in [6.45, 7) is 5.21. The molecule has 1 aromatic rings. The number of hydrogen-bond donors (Lipinski definition) is 3. The van der Waals surface area contributed by atoms with Crippen LogP contribution in [0.3, 0.4) is 0 Å². The lowest BCUT2D eigenvalue weighted by atomic mass is 9.55. The number of aryl methyl sites for hydroxylation is 1. The number of phenolic OH excluding ortho intramolecular Hbond substituents is 1. The average molecular weight is 315 g/mol. The summed E-state index contributed by atoms with van der Waals surface area (Å²) >= 11 is 0. The van der Waals surface area contributed by atoms with Gasteiger partial charge < -0.3 is 15.5 Å². The molecule has 0 unspecified atom stereocenters. The quantitative estimate of drug-likeness (QED) is 0.722. The second-order valence-corrected chi connectivity index (χ2v) is 8.15. The Morgan fingerprint density at radius 2 is 2.04 bits per heavy atom. The van der Waals surface area contributed by atoms with Crippen LogP contribution in [0.5, 0.6) is 5.75 Å². The molecule has 2 fully saturated rings. The summed E-state index contributed by atoms with van der Waals surface area (Å²) in [6.07, 6.45) is 6.66. The van der Waals surface area contributed by atoms with Gasteiger partial charge in [-0.2, -0.15) is 0 Å². The SMILES string of the molecule is CCNc1cc2c(cc1O)CC[C@H]1[C@@H]2CC[C@]2(C)[C@@H]1CC[C@@H]2O. The van der Waals surface area contributed by atoms with Crippen LogP contribution in [-0.4, -0.2) is 22.9 Å². The molecule has 0 amide bonds. The highest BCUT2D eigenvalue weighted by atomic mass is 16.3. The largest absolute Gasteiger partial charge is 0.506 e. The minimum atomic E-state index is -0.105. The Bertz CT molecular complexity index is 614. The molecule has 126 valence electrons. The number of aromatic hydroxyl groups is 1. The second-order valence-electron chi connectivity index (χ2n) is 8.15. The number of anilines is 1. The lowest BCUT2D eigenvalue weighted by Crippen LogP contribution is -2.43. The summed E-state index contributed by atoms with van der Waals surface area (Å²) < 4.78 is 0. The van der Waals surface area contributed by atoms with Gasteiger partial charge in [0.15, 0.2) is 0 Å². The zero-order chi connectivity index (χ0) is 16.2. The van der Waals surface area contributed by atoms with Crippen LogP contribution in [0.25, 0.3) is 0 Å². The number of hydrogen-bond acceptors (Lipinski definition) is 3. The van der Waals surface area contributed by atoms with Gasteiger partial charge in [0.2, 0.25) is 0 Å². The van der Waals surface area contributed by atoms with Crippen molar-refractivity contribution in [2.45, 2.75) is 64.4 Å². The minimum absolute atomic E-state index is 0.105. The Balaban J connectivity index is 1.70. The fourth-order valence-electron chi connectivity index (χ4n) is 5.91. The molecule has 5 atom stereocenters. The van der Waals surface area contributed by atoms with Gasteiger partial charge in [0.1, 0.15) is 5.75 Å². The van der Waals surface area contributed by atoms with Crippen LogP contribution in [0.15, 0.2) is 12.1 Å². The molecular formula is C20H29NO2. The van der Waals surface area contributed by atoms with E-state index in [4.69, 9.17) is 0 Å². The monoisotopic (exact) mass is 315 g/mol. The first kappa shape index (κ1) is 15.3. The Kier molecular flexibility index (Phi) is 3.60. The molecule has 4 rings (SSSR count). The molecule has 0 heterocycles. The fraction of sp³-hybridized carbons (Fsp3) is 0.700. The maximum Gasteiger partial charge on any atom is 0.138 e. The zero-order valence-corrected chi connectivity index (χ0v) is 14.3. The van der Waals surface area contributed by atoms with E-state index in [0.29, 0.717) is 23.5 Å². The molecule has 3 heteroatoms. The van der Waals surface area contributed by atoms with Crippen LogP contribution in [0, 0.1) is 17.3 Å². The average Bonchev–Trinajstić information content (AvgIpc) is 2.84. The molecule has 0 aliphatic heterocycles. The smallest absolute Gasteiger partial charge is 0.138 e. The predicted molar refractivity (Wildman–Crippen MR) is 92.9 cm³/mol. The van der Waals surface area contributed by atoms with Gasteiger partial charge in [-0.1, -0.05) is 6.92 Å². The van der Waals surface area contributed by atoms with Crippen molar-refractivity contribution >= 4 is 5.69 Å². The summed E-state index contributed by atoms with van der Waals surface area (Å²) in [4.78, 5) is 0. The first-order valence-electron chi connectivity index (χ1n) is 9.32. The van der Waals surface area contributed by atoms with Crippen molar-refractivity contribution in [2.75, 3.05) is 11.9 Å². The molecule has 0 saturated heterocycles. The van der Waals surface area contributed by atoms with E-state index < -0.39 is 0 Å². The van der Waals surface area contributed by atoms with Crippen LogP contribution < -0.4 is 5.32 Å². The van der Waals surface area contributed by atoms with Gasteiger partial charge in [-0.15, -0.1) is 0 Å². The molecule has 3 nitrogen and oxygen atoms in total. The maximum absolute atomic E-state index is 10.5. The van der Waals surface area contributed by atoms with Gasteiger partial charge in [0, 0.05) is 6.54 Å².